The molecule has 0 radical (unpaired) electrons. The molecule has 0 spiro atoms. The lowest BCUT2D eigenvalue weighted by Gasteiger charge is -2.22. The van der Waals surface area contributed by atoms with Crippen molar-refractivity contribution in [1.29, 1.82) is 0 Å². The highest BCUT2D eigenvalue weighted by Gasteiger charge is 2.28. The molecule has 7 N–H and O–H groups in total. The van der Waals surface area contributed by atoms with Crippen LogP contribution in [0.25, 0.3) is 0 Å². The summed E-state index contributed by atoms with van der Waals surface area (Å²) in [5, 5.41) is 42.7. The van der Waals surface area contributed by atoms with Crippen molar-refractivity contribution in [3.8, 4) is 23.0 Å². The van der Waals surface area contributed by atoms with E-state index in [1.807, 2.05) is 0 Å². The van der Waals surface area contributed by atoms with Gasteiger partial charge in [-0.05, 0) is 63.2 Å². The van der Waals surface area contributed by atoms with Gasteiger partial charge in [-0.15, -0.1) is 0 Å². The van der Waals surface area contributed by atoms with Gasteiger partial charge in [0.15, 0.2) is 23.0 Å². The van der Waals surface area contributed by atoms with Gasteiger partial charge >= 0.3 is 0 Å². The van der Waals surface area contributed by atoms with Crippen LogP contribution in [0.15, 0.2) is 36.4 Å². The molecule has 0 saturated carbocycles. The number of nitrogens with two attached hydrogens (primary N) is 1. The van der Waals surface area contributed by atoms with E-state index in [9.17, 15) is 30.0 Å². The number of benzene rings is 2. The summed E-state index contributed by atoms with van der Waals surface area (Å²) >= 11 is 0. The fourth-order valence-corrected chi connectivity index (χ4v) is 2.87. The summed E-state index contributed by atoms with van der Waals surface area (Å²) < 4.78 is 0. The van der Waals surface area contributed by atoms with Crippen molar-refractivity contribution in [2.45, 2.75) is 19.3 Å². The normalized spacial score (nSPS) is 10.7. The Labute approximate surface area is 174 Å². The SMILES string of the molecule is NCCCNCCCCN(C(=O)c1cccc(O)c1O)C(=O)c1cccc(O)c1O. The maximum Gasteiger partial charge on any atom is 0.264 e. The minimum atomic E-state index is -0.827. The highest BCUT2D eigenvalue weighted by molar-refractivity contribution is 6.12. The first-order chi connectivity index (χ1) is 14.4. The molecule has 2 aromatic rings. The Kier molecular flexibility index (Phi) is 8.45. The number of carbonyl (C=O) groups excluding carboxylic acids is 2. The molecule has 162 valence electrons. The van der Waals surface area contributed by atoms with E-state index < -0.39 is 34.8 Å². The average Bonchev–Trinajstić information content (AvgIpc) is 2.73. The standard InChI is InChI=1S/C21H27N3O6/c22-10-5-12-23-11-1-2-13-24(20(29)14-6-3-8-16(25)18(14)27)21(30)15-7-4-9-17(26)19(15)28/h3-4,6-9,23,25-28H,1-2,5,10-13,22H2. The Bertz CT molecular complexity index is 824. The highest BCUT2D eigenvalue weighted by Crippen LogP contribution is 2.32. The number of phenols is 4. The first kappa shape index (κ1) is 23.0. The van der Waals surface area contributed by atoms with E-state index >= 15 is 0 Å². The first-order valence-corrected chi connectivity index (χ1v) is 9.67. The molecule has 0 aliphatic heterocycles. The van der Waals surface area contributed by atoms with Gasteiger partial charge in [0.25, 0.3) is 11.8 Å². The molecule has 0 heterocycles. The van der Waals surface area contributed by atoms with E-state index in [-0.39, 0.29) is 17.7 Å². The van der Waals surface area contributed by atoms with Crippen LogP contribution in [0.2, 0.25) is 0 Å². The summed E-state index contributed by atoms with van der Waals surface area (Å²) in [5.41, 5.74) is 4.94. The molecule has 0 aliphatic carbocycles. The highest BCUT2D eigenvalue weighted by atomic mass is 16.3. The van der Waals surface area contributed by atoms with E-state index in [1.165, 1.54) is 36.4 Å². The van der Waals surface area contributed by atoms with Gasteiger partial charge < -0.3 is 31.5 Å². The summed E-state index contributed by atoms with van der Waals surface area (Å²) in [6.07, 6.45) is 1.97. The average molecular weight is 417 g/mol. The topological polar surface area (TPSA) is 156 Å². The third-order valence-corrected chi connectivity index (χ3v) is 4.52. The van der Waals surface area contributed by atoms with Crippen molar-refractivity contribution < 1.29 is 30.0 Å². The Morgan fingerprint density at radius 2 is 1.30 bits per heavy atom. The molecule has 0 saturated heterocycles. The Morgan fingerprint density at radius 3 is 1.80 bits per heavy atom. The minimum absolute atomic E-state index is 0.0143. The lowest BCUT2D eigenvalue weighted by atomic mass is 10.1. The van der Waals surface area contributed by atoms with Crippen LogP contribution in [-0.2, 0) is 0 Å². The zero-order valence-electron chi connectivity index (χ0n) is 16.5. The van der Waals surface area contributed by atoms with Gasteiger partial charge in [0, 0.05) is 6.54 Å². The van der Waals surface area contributed by atoms with Crippen LogP contribution in [0.4, 0.5) is 0 Å². The van der Waals surface area contributed by atoms with Crippen LogP contribution < -0.4 is 11.1 Å². The number of hydrogen-bond acceptors (Lipinski definition) is 8. The summed E-state index contributed by atoms with van der Waals surface area (Å²) in [5.74, 6) is -3.90. The molecule has 2 amide bonds. The van der Waals surface area contributed by atoms with Crippen LogP contribution in [-0.4, -0.2) is 63.3 Å². The molecule has 0 unspecified atom stereocenters. The molecule has 0 bridgehead atoms. The van der Waals surface area contributed by atoms with Crippen LogP contribution in [0.5, 0.6) is 23.0 Å². The Balaban J connectivity index is 2.21. The fraction of sp³-hybridized carbons (Fsp3) is 0.333. The summed E-state index contributed by atoms with van der Waals surface area (Å²) in [6, 6.07) is 7.75. The fourth-order valence-electron chi connectivity index (χ4n) is 2.87. The second kappa shape index (κ2) is 11.0. The van der Waals surface area contributed by atoms with Gasteiger partial charge in [0.2, 0.25) is 0 Å². The number of para-hydroxylation sites is 2. The molecule has 30 heavy (non-hydrogen) atoms. The van der Waals surface area contributed by atoms with E-state index in [0.29, 0.717) is 25.9 Å². The van der Waals surface area contributed by atoms with Crippen molar-refractivity contribution in [3.05, 3.63) is 47.5 Å². The predicted molar refractivity (Wildman–Crippen MR) is 111 cm³/mol. The largest absolute Gasteiger partial charge is 0.504 e. The van der Waals surface area contributed by atoms with Crippen LogP contribution in [0.1, 0.15) is 40.0 Å². The van der Waals surface area contributed by atoms with Gasteiger partial charge in [-0.25, -0.2) is 0 Å². The maximum atomic E-state index is 13.0. The third-order valence-electron chi connectivity index (χ3n) is 4.52. The molecule has 0 aliphatic rings. The zero-order valence-corrected chi connectivity index (χ0v) is 16.5. The van der Waals surface area contributed by atoms with E-state index in [4.69, 9.17) is 5.73 Å². The summed E-state index contributed by atoms with van der Waals surface area (Å²) in [4.78, 5) is 26.9. The lowest BCUT2D eigenvalue weighted by Crippen LogP contribution is -2.38. The predicted octanol–water partition coefficient (Wildman–Crippen LogP) is 1.51. The smallest absolute Gasteiger partial charge is 0.264 e. The number of nitrogens with zero attached hydrogens (tertiary/aromatic N) is 1. The Hall–Kier alpha value is -3.30. The van der Waals surface area contributed by atoms with Crippen LogP contribution in [0, 0.1) is 0 Å². The minimum Gasteiger partial charge on any atom is -0.504 e. The second-order valence-corrected chi connectivity index (χ2v) is 6.71. The molecule has 2 rings (SSSR count). The third kappa shape index (κ3) is 5.62. The van der Waals surface area contributed by atoms with E-state index in [1.54, 1.807) is 0 Å². The molecule has 2 aromatic carbocycles. The number of unbranched alkanes of at least 4 members (excludes halogenated alkanes) is 1. The quantitative estimate of drug-likeness (QED) is 0.193. The van der Waals surface area contributed by atoms with Crippen molar-refractivity contribution in [1.82, 2.24) is 10.2 Å². The number of hydrogen-bond donors (Lipinski definition) is 6. The summed E-state index contributed by atoms with van der Waals surface area (Å²) in [7, 11) is 0. The number of nitrogens with one attached hydrogen (secondary N) is 1. The molecule has 0 aromatic heterocycles. The first-order valence-electron chi connectivity index (χ1n) is 9.67. The molecule has 0 atom stereocenters. The van der Waals surface area contributed by atoms with Crippen molar-refractivity contribution in [2.24, 2.45) is 5.73 Å². The van der Waals surface area contributed by atoms with Gasteiger partial charge in [0.05, 0.1) is 11.1 Å². The maximum absolute atomic E-state index is 13.0. The van der Waals surface area contributed by atoms with Crippen LogP contribution >= 0.6 is 0 Å². The molecule has 0 fully saturated rings. The number of amides is 2. The number of phenolic OH excluding ortho intramolecular Hbond substituents is 4. The summed E-state index contributed by atoms with van der Waals surface area (Å²) in [6.45, 7) is 2.04. The lowest BCUT2D eigenvalue weighted by molar-refractivity contribution is 0.0609. The molecular weight excluding hydrogens is 390 g/mol. The molecule has 9 heteroatoms. The second-order valence-electron chi connectivity index (χ2n) is 6.71. The van der Waals surface area contributed by atoms with Crippen molar-refractivity contribution in [2.75, 3.05) is 26.2 Å². The number of imide groups is 1. The van der Waals surface area contributed by atoms with Gasteiger partial charge in [-0.1, -0.05) is 12.1 Å². The van der Waals surface area contributed by atoms with Crippen molar-refractivity contribution in [3.63, 3.8) is 0 Å². The monoisotopic (exact) mass is 417 g/mol. The number of rotatable bonds is 10. The Morgan fingerprint density at radius 1 is 0.800 bits per heavy atom. The number of carbonyl (C=O) groups is 2. The van der Waals surface area contributed by atoms with Gasteiger partial charge in [0.1, 0.15) is 0 Å². The van der Waals surface area contributed by atoms with E-state index in [0.717, 1.165) is 17.9 Å². The molecular formula is C21H27N3O6. The van der Waals surface area contributed by atoms with Crippen LogP contribution in [0.3, 0.4) is 0 Å². The zero-order chi connectivity index (χ0) is 22.1. The van der Waals surface area contributed by atoms with Gasteiger partial charge in [-0.2, -0.15) is 0 Å². The van der Waals surface area contributed by atoms with Crippen molar-refractivity contribution >= 4 is 11.8 Å². The number of aromatic hydroxyl groups is 4. The molecule has 9 nitrogen and oxygen atoms in total. The van der Waals surface area contributed by atoms with E-state index in [2.05, 4.69) is 5.32 Å². The van der Waals surface area contributed by atoms with Gasteiger partial charge in [-0.3, -0.25) is 14.5 Å².